The second-order valence-corrected chi connectivity index (χ2v) is 6.17. The van der Waals surface area contributed by atoms with E-state index >= 15 is 0 Å². The van der Waals surface area contributed by atoms with Gasteiger partial charge < -0.3 is 18.9 Å². The van der Waals surface area contributed by atoms with Crippen molar-refractivity contribution >= 4 is 11.8 Å². The SMILES string of the molecule is COc1cc(CC2CO2)cc(NC(=O)OC(C)(C)C)c1OC. The predicted octanol–water partition coefficient (Wildman–Crippen LogP) is 2.99. The average Bonchev–Trinajstić information content (AvgIpc) is 3.19. The molecule has 1 atom stereocenters. The number of hydrogen-bond acceptors (Lipinski definition) is 5. The fourth-order valence-corrected chi connectivity index (χ4v) is 2.09. The van der Waals surface area contributed by atoms with Crippen molar-refractivity contribution in [1.29, 1.82) is 0 Å². The molecule has 1 aromatic carbocycles. The van der Waals surface area contributed by atoms with Gasteiger partial charge in [0.15, 0.2) is 11.5 Å². The predicted molar refractivity (Wildman–Crippen MR) is 82.8 cm³/mol. The second kappa shape index (κ2) is 6.44. The Morgan fingerprint density at radius 1 is 1.32 bits per heavy atom. The molecule has 1 amide bonds. The van der Waals surface area contributed by atoms with Crippen LogP contribution in [-0.2, 0) is 15.9 Å². The molecule has 1 unspecified atom stereocenters. The Labute approximate surface area is 130 Å². The van der Waals surface area contributed by atoms with E-state index in [-0.39, 0.29) is 6.10 Å². The maximum Gasteiger partial charge on any atom is 0.412 e. The molecule has 122 valence electrons. The van der Waals surface area contributed by atoms with E-state index < -0.39 is 11.7 Å². The van der Waals surface area contributed by atoms with E-state index in [1.807, 2.05) is 32.9 Å². The van der Waals surface area contributed by atoms with E-state index in [9.17, 15) is 4.79 Å². The van der Waals surface area contributed by atoms with E-state index in [2.05, 4.69) is 5.32 Å². The number of hydrogen-bond donors (Lipinski definition) is 1. The third-order valence-corrected chi connectivity index (χ3v) is 3.04. The Kier molecular flexibility index (Phi) is 4.81. The molecule has 22 heavy (non-hydrogen) atoms. The second-order valence-electron chi connectivity index (χ2n) is 6.17. The number of epoxide rings is 1. The summed E-state index contributed by atoms with van der Waals surface area (Å²) < 4.78 is 21.2. The molecule has 1 fully saturated rings. The van der Waals surface area contributed by atoms with E-state index in [0.29, 0.717) is 17.2 Å². The number of nitrogens with one attached hydrogen (secondary N) is 1. The Balaban J connectivity index is 2.24. The van der Waals surface area contributed by atoms with E-state index in [0.717, 1.165) is 18.6 Å². The summed E-state index contributed by atoms with van der Waals surface area (Å²) in [5.74, 6) is 1.03. The molecular formula is C16H23NO5. The number of carbonyl (C=O) groups is 1. The minimum absolute atomic E-state index is 0.243. The van der Waals surface area contributed by atoms with Crippen molar-refractivity contribution in [2.75, 3.05) is 26.1 Å². The molecule has 1 aliphatic rings. The van der Waals surface area contributed by atoms with Gasteiger partial charge in [-0.15, -0.1) is 0 Å². The van der Waals surface area contributed by atoms with Crippen LogP contribution in [-0.4, -0.2) is 38.6 Å². The van der Waals surface area contributed by atoms with Crippen LogP contribution in [0.2, 0.25) is 0 Å². The summed E-state index contributed by atoms with van der Waals surface area (Å²) >= 11 is 0. The number of anilines is 1. The number of amides is 1. The van der Waals surface area contributed by atoms with Crippen molar-refractivity contribution < 1.29 is 23.7 Å². The molecule has 6 heteroatoms. The van der Waals surface area contributed by atoms with Crippen molar-refractivity contribution in [1.82, 2.24) is 0 Å². The summed E-state index contributed by atoms with van der Waals surface area (Å²) in [4.78, 5) is 12.0. The molecule has 1 aromatic rings. The van der Waals surface area contributed by atoms with E-state index in [1.54, 1.807) is 7.11 Å². The van der Waals surface area contributed by atoms with Crippen molar-refractivity contribution in [3.05, 3.63) is 17.7 Å². The van der Waals surface area contributed by atoms with Gasteiger partial charge in [0.25, 0.3) is 0 Å². The van der Waals surface area contributed by atoms with Gasteiger partial charge in [0.1, 0.15) is 5.60 Å². The van der Waals surface area contributed by atoms with Gasteiger partial charge in [-0.1, -0.05) is 0 Å². The van der Waals surface area contributed by atoms with Crippen molar-refractivity contribution in [3.8, 4) is 11.5 Å². The van der Waals surface area contributed by atoms with Gasteiger partial charge in [0, 0.05) is 6.42 Å². The van der Waals surface area contributed by atoms with Crippen LogP contribution in [0.5, 0.6) is 11.5 Å². The maximum absolute atomic E-state index is 12.0. The minimum Gasteiger partial charge on any atom is -0.493 e. The lowest BCUT2D eigenvalue weighted by Gasteiger charge is -2.21. The van der Waals surface area contributed by atoms with Crippen molar-refractivity contribution in [3.63, 3.8) is 0 Å². The first-order valence-corrected chi connectivity index (χ1v) is 7.19. The molecule has 1 saturated heterocycles. The van der Waals surface area contributed by atoms with Crippen molar-refractivity contribution in [2.24, 2.45) is 0 Å². The normalized spacial score (nSPS) is 16.9. The van der Waals surface area contributed by atoms with Crippen LogP contribution in [0.25, 0.3) is 0 Å². The molecule has 6 nitrogen and oxygen atoms in total. The molecule has 0 spiro atoms. The first kappa shape index (κ1) is 16.4. The lowest BCUT2D eigenvalue weighted by molar-refractivity contribution is 0.0635. The largest absolute Gasteiger partial charge is 0.493 e. The molecule has 1 aliphatic heterocycles. The number of rotatable bonds is 5. The van der Waals surface area contributed by atoms with Crippen LogP contribution in [0.15, 0.2) is 12.1 Å². The Bertz CT molecular complexity index is 546. The highest BCUT2D eigenvalue weighted by molar-refractivity contribution is 5.88. The zero-order valence-corrected chi connectivity index (χ0v) is 13.7. The lowest BCUT2D eigenvalue weighted by Crippen LogP contribution is -2.27. The summed E-state index contributed by atoms with van der Waals surface area (Å²) in [7, 11) is 3.09. The van der Waals surface area contributed by atoms with Gasteiger partial charge in [-0.05, 0) is 38.5 Å². The van der Waals surface area contributed by atoms with Crippen molar-refractivity contribution in [2.45, 2.75) is 38.9 Å². The van der Waals surface area contributed by atoms with Gasteiger partial charge in [-0.25, -0.2) is 4.79 Å². The van der Waals surface area contributed by atoms with Gasteiger partial charge in [0.2, 0.25) is 0 Å². The summed E-state index contributed by atoms with van der Waals surface area (Å²) in [5.41, 5.74) is 0.957. The highest BCUT2D eigenvalue weighted by atomic mass is 16.6. The third kappa shape index (κ3) is 4.53. The Morgan fingerprint density at radius 3 is 2.50 bits per heavy atom. The third-order valence-electron chi connectivity index (χ3n) is 3.04. The van der Waals surface area contributed by atoms with Gasteiger partial charge in [-0.3, -0.25) is 5.32 Å². The van der Waals surface area contributed by atoms with Crippen LogP contribution in [0.4, 0.5) is 10.5 Å². The topological polar surface area (TPSA) is 69.3 Å². The molecule has 0 aromatic heterocycles. The molecule has 1 N–H and O–H groups in total. The average molecular weight is 309 g/mol. The fraction of sp³-hybridized carbons (Fsp3) is 0.562. The van der Waals surface area contributed by atoms with Crippen LogP contribution in [0, 0.1) is 0 Å². The number of carbonyl (C=O) groups excluding carboxylic acids is 1. The number of benzene rings is 1. The van der Waals surface area contributed by atoms with Gasteiger partial charge in [-0.2, -0.15) is 0 Å². The smallest absolute Gasteiger partial charge is 0.412 e. The lowest BCUT2D eigenvalue weighted by atomic mass is 10.1. The monoisotopic (exact) mass is 309 g/mol. The quantitative estimate of drug-likeness (QED) is 0.847. The first-order valence-electron chi connectivity index (χ1n) is 7.19. The zero-order chi connectivity index (χ0) is 16.3. The number of ether oxygens (including phenoxy) is 4. The number of methoxy groups -OCH3 is 2. The molecule has 2 rings (SSSR count). The Morgan fingerprint density at radius 2 is 2.00 bits per heavy atom. The van der Waals surface area contributed by atoms with Crippen LogP contribution < -0.4 is 14.8 Å². The fourth-order valence-electron chi connectivity index (χ4n) is 2.09. The zero-order valence-electron chi connectivity index (χ0n) is 13.7. The summed E-state index contributed by atoms with van der Waals surface area (Å²) in [5, 5.41) is 2.72. The summed E-state index contributed by atoms with van der Waals surface area (Å²) in [6, 6.07) is 3.74. The summed E-state index contributed by atoms with van der Waals surface area (Å²) in [6.45, 7) is 6.20. The molecule has 0 saturated carbocycles. The van der Waals surface area contributed by atoms with Crippen LogP contribution in [0.3, 0.4) is 0 Å². The standard InChI is InChI=1S/C16H23NO5/c1-16(2,3)22-15(18)17-12-7-10(6-11-9-21-11)8-13(19-4)14(12)20-5/h7-8,11H,6,9H2,1-5H3,(H,17,18). The summed E-state index contributed by atoms with van der Waals surface area (Å²) in [6.07, 6.45) is 0.476. The van der Waals surface area contributed by atoms with Crippen LogP contribution in [0.1, 0.15) is 26.3 Å². The molecule has 0 aliphatic carbocycles. The molecule has 0 bridgehead atoms. The Hall–Kier alpha value is -1.95. The molecule has 1 heterocycles. The molecule has 0 radical (unpaired) electrons. The maximum atomic E-state index is 12.0. The highest BCUT2D eigenvalue weighted by Crippen LogP contribution is 2.37. The van der Waals surface area contributed by atoms with Gasteiger partial charge in [0.05, 0.1) is 32.6 Å². The highest BCUT2D eigenvalue weighted by Gasteiger charge is 2.25. The van der Waals surface area contributed by atoms with Gasteiger partial charge >= 0.3 is 6.09 Å². The van der Waals surface area contributed by atoms with Crippen LogP contribution >= 0.6 is 0 Å². The van der Waals surface area contributed by atoms with E-state index in [4.69, 9.17) is 18.9 Å². The molecular weight excluding hydrogens is 286 g/mol. The minimum atomic E-state index is -0.569. The first-order chi connectivity index (χ1) is 10.3. The van der Waals surface area contributed by atoms with E-state index in [1.165, 1.54) is 7.11 Å².